The first-order valence-corrected chi connectivity index (χ1v) is 3.83. The second-order valence-electron chi connectivity index (χ2n) is 2.64. The minimum Gasteiger partial charge on any atom is -0.382 e. The standard InChI is InChI=1S/C9H8N4.ClH/c10-9(11)8-6-2-1-4-12-7(6)3-5-13-8;/h1-5H,(H3,10,11);1H. The van der Waals surface area contributed by atoms with Crippen molar-refractivity contribution in [2.75, 3.05) is 0 Å². The molecule has 0 amide bonds. The molecular formula is C9H9ClN4. The second kappa shape index (κ2) is 4.02. The molecule has 3 N–H and O–H groups in total. The van der Waals surface area contributed by atoms with E-state index < -0.39 is 0 Å². The molecule has 2 rings (SSSR count). The molecule has 0 radical (unpaired) electrons. The van der Waals surface area contributed by atoms with E-state index >= 15 is 0 Å². The molecule has 14 heavy (non-hydrogen) atoms. The van der Waals surface area contributed by atoms with Crippen LogP contribution in [0.4, 0.5) is 0 Å². The zero-order valence-corrected chi connectivity index (χ0v) is 8.08. The van der Waals surface area contributed by atoms with Gasteiger partial charge < -0.3 is 5.73 Å². The third-order valence-electron chi connectivity index (χ3n) is 1.78. The quantitative estimate of drug-likeness (QED) is 0.549. The Labute approximate surface area is 87.1 Å². The van der Waals surface area contributed by atoms with Crippen LogP contribution >= 0.6 is 12.4 Å². The van der Waals surface area contributed by atoms with E-state index in [-0.39, 0.29) is 18.2 Å². The lowest BCUT2D eigenvalue weighted by Gasteiger charge is -2.01. The SMILES string of the molecule is Cl.N=C(N)c1nccc2ncccc12. The first-order chi connectivity index (χ1) is 6.29. The number of amidine groups is 1. The molecule has 0 bridgehead atoms. The molecule has 0 spiro atoms. The number of hydrogen-bond acceptors (Lipinski definition) is 3. The summed E-state index contributed by atoms with van der Waals surface area (Å²) in [5, 5.41) is 8.12. The third-order valence-corrected chi connectivity index (χ3v) is 1.78. The molecule has 0 aliphatic carbocycles. The molecule has 2 aromatic heterocycles. The number of pyridine rings is 2. The van der Waals surface area contributed by atoms with Gasteiger partial charge in [0.2, 0.25) is 0 Å². The highest BCUT2D eigenvalue weighted by atomic mass is 35.5. The van der Waals surface area contributed by atoms with Crippen molar-refractivity contribution in [2.24, 2.45) is 5.73 Å². The van der Waals surface area contributed by atoms with Gasteiger partial charge in [0.05, 0.1) is 5.52 Å². The van der Waals surface area contributed by atoms with Crippen molar-refractivity contribution in [3.63, 3.8) is 0 Å². The van der Waals surface area contributed by atoms with Gasteiger partial charge >= 0.3 is 0 Å². The molecule has 0 aliphatic rings. The maximum absolute atomic E-state index is 7.30. The lowest BCUT2D eigenvalue weighted by Crippen LogP contribution is -2.13. The van der Waals surface area contributed by atoms with Gasteiger partial charge in [0.1, 0.15) is 11.5 Å². The van der Waals surface area contributed by atoms with Crippen LogP contribution in [0.25, 0.3) is 10.9 Å². The number of nitrogens with two attached hydrogens (primary N) is 1. The largest absolute Gasteiger partial charge is 0.382 e. The molecule has 0 unspecified atom stereocenters. The highest BCUT2D eigenvalue weighted by Crippen LogP contribution is 2.12. The third kappa shape index (κ3) is 1.65. The van der Waals surface area contributed by atoms with E-state index in [0.717, 1.165) is 10.9 Å². The number of hydrogen-bond donors (Lipinski definition) is 2. The summed E-state index contributed by atoms with van der Waals surface area (Å²) < 4.78 is 0. The molecule has 0 aliphatic heterocycles. The first-order valence-electron chi connectivity index (χ1n) is 3.83. The summed E-state index contributed by atoms with van der Waals surface area (Å²) in [6.45, 7) is 0. The monoisotopic (exact) mass is 208 g/mol. The van der Waals surface area contributed by atoms with E-state index in [4.69, 9.17) is 11.1 Å². The number of aromatic nitrogens is 2. The van der Waals surface area contributed by atoms with Crippen molar-refractivity contribution in [3.8, 4) is 0 Å². The summed E-state index contributed by atoms with van der Waals surface area (Å²) in [4.78, 5) is 8.15. The van der Waals surface area contributed by atoms with Crippen molar-refractivity contribution in [1.82, 2.24) is 9.97 Å². The van der Waals surface area contributed by atoms with Crippen LogP contribution in [0.15, 0.2) is 30.6 Å². The Morgan fingerprint density at radius 3 is 2.71 bits per heavy atom. The average Bonchev–Trinajstić information content (AvgIpc) is 2.17. The smallest absolute Gasteiger partial charge is 0.142 e. The number of fused-ring (bicyclic) bond motifs is 1. The summed E-state index contributed by atoms with van der Waals surface area (Å²) in [6, 6.07) is 5.45. The van der Waals surface area contributed by atoms with Gasteiger partial charge in [0.25, 0.3) is 0 Å². The van der Waals surface area contributed by atoms with Gasteiger partial charge in [-0.25, -0.2) is 0 Å². The van der Waals surface area contributed by atoms with E-state index in [1.54, 1.807) is 24.5 Å². The van der Waals surface area contributed by atoms with Gasteiger partial charge in [-0.05, 0) is 18.2 Å². The molecule has 0 fully saturated rings. The number of nitrogen functional groups attached to an aromatic ring is 1. The number of nitrogens with one attached hydrogen (secondary N) is 1. The summed E-state index contributed by atoms with van der Waals surface area (Å²) in [5.74, 6) is -0.0291. The molecule has 0 aromatic carbocycles. The van der Waals surface area contributed by atoms with Crippen LogP contribution in [0.2, 0.25) is 0 Å². The van der Waals surface area contributed by atoms with Gasteiger partial charge in [0, 0.05) is 17.8 Å². The molecule has 2 heterocycles. The number of halogens is 1. The molecule has 0 saturated heterocycles. The number of rotatable bonds is 1. The second-order valence-corrected chi connectivity index (χ2v) is 2.64. The van der Waals surface area contributed by atoms with Gasteiger partial charge in [-0.15, -0.1) is 12.4 Å². The lowest BCUT2D eigenvalue weighted by atomic mass is 10.2. The fraction of sp³-hybridized carbons (Fsp3) is 0. The predicted octanol–water partition coefficient (Wildman–Crippen LogP) is 1.34. The maximum atomic E-state index is 7.30. The molecule has 0 atom stereocenters. The van der Waals surface area contributed by atoms with Crippen molar-refractivity contribution >= 4 is 29.1 Å². The number of nitrogens with zero attached hydrogens (tertiary/aromatic N) is 2. The van der Waals surface area contributed by atoms with Crippen LogP contribution in [-0.2, 0) is 0 Å². The highest BCUT2D eigenvalue weighted by molar-refractivity contribution is 6.04. The van der Waals surface area contributed by atoms with Crippen LogP contribution in [0.1, 0.15) is 5.69 Å². The van der Waals surface area contributed by atoms with Crippen LogP contribution in [0.3, 0.4) is 0 Å². The molecular weight excluding hydrogens is 200 g/mol. The van der Waals surface area contributed by atoms with Crippen LogP contribution in [0, 0.1) is 5.41 Å². The summed E-state index contributed by atoms with van der Waals surface area (Å²) in [5.41, 5.74) is 6.67. The normalized spacial score (nSPS) is 9.43. The van der Waals surface area contributed by atoms with Crippen LogP contribution in [-0.4, -0.2) is 15.8 Å². The predicted molar refractivity (Wildman–Crippen MR) is 57.8 cm³/mol. The summed E-state index contributed by atoms with van der Waals surface area (Å²) >= 11 is 0. The first kappa shape index (κ1) is 10.4. The van der Waals surface area contributed by atoms with Crippen molar-refractivity contribution in [3.05, 3.63) is 36.3 Å². The van der Waals surface area contributed by atoms with E-state index in [1.807, 2.05) is 6.07 Å². The van der Waals surface area contributed by atoms with E-state index in [1.165, 1.54) is 0 Å². The average molecular weight is 209 g/mol. The Hall–Kier alpha value is -1.68. The summed E-state index contributed by atoms with van der Waals surface area (Å²) in [7, 11) is 0. The highest BCUT2D eigenvalue weighted by Gasteiger charge is 2.03. The van der Waals surface area contributed by atoms with Crippen molar-refractivity contribution < 1.29 is 0 Å². The fourth-order valence-corrected chi connectivity index (χ4v) is 1.22. The van der Waals surface area contributed by atoms with Crippen molar-refractivity contribution in [1.29, 1.82) is 5.41 Å². The minimum atomic E-state index is -0.0291. The topological polar surface area (TPSA) is 75.7 Å². The molecule has 72 valence electrons. The van der Waals surface area contributed by atoms with E-state index in [0.29, 0.717) is 5.69 Å². The lowest BCUT2D eigenvalue weighted by molar-refractivity contribution is 1.27. The molecule has 2 aromatic rings. The van der Waals surface area contributed by atoms with Gasteiger partial charge in [0.15, 0.2) is 0 Å². The molecule has 0 saturated carbocycles. The van der Waals surface area contributed by atoms with Crippen LogP contribution < -0.4 is 5.73 Å². The zero-order chi connectivity index (χ0) is 9.26. The molecule has 5 heteroatoms. The van der Waals surface area contributed by atoms with Gasteiger partial charge in [-0.1, -0.05) is 0 Å². The zero-order valence-electron chi connectivity index (χ0n) is 7.27. The van der Waals surface area contributed by atoms with Crippen molar-refractivity contribution in [2.45, 2.75) is 0 Å². The van der Waals surface area contributed by atoms with E-state index in [9.17, 15) is 0 Å². The minimum absolute atomic E-state index is 0. The van der Waals surface area contributed by atoms with Gasteiger partial charge in [-0.2, -0.15) is 0 Å². The van der Waals surface area contributed by atoms with Gasteiger partial charge in [-0.3, -0.25) is 15.4 Å². The van der Waals surface area contributed by atoms with Crippen LogP contribution in [0.5, 0.6) is 0 Å². The maximum Gasteiger partial charge on any atom is 0.142 e. The van der Waals surface area contributed by atoms with E-state index in [2.05, 4.69) is 9.97 Å². The Morgan fingerprint density at radius 1 is 1.21 bits per heavy atom. The Kier molecular flexibility index (Phi) is 2.99. The Morgan fingerprint density at radius 2 is 2.00 bits per heavy atom. The summed E-state index contributed by atoms with van der Waals surface area (Å²) in [6.07, 6.45) is 3.30. The Bertz CT molecular complexity index is 464. The molecule has 4 nitrogen and oxygen atoms in total. The Balaban J connectivity index is 0.000000980. The fourth-order valence-electron chi connectivity index (χ4n) is 1.22.